The summed E-state index contributed by atoms with van der Waals surface area (Å²) in [7, 11) is 0. The molecule has 5 N–H and O–H groups in total. The van der Waals surface area contributed by atoms with E-state index in [2.05, 4.69) is 20.9 Å². The number of amides is 2. The van der Waals surface area contributed by atoms with Crippen LogP contribution < -0.4 is 16.8 Å². The maximum atomic E-state index is 10.7. The topological polar surface area (TPSA) is 137 Å². The molecule has 0 aliphatic heterocycles. The molecule has 0 heterocycles. The van der Waals surface area contributed by atoms with Gasteiger partial charge in [-0.3, -0.25) is 15.4 Å². The Bertz CT molecular complexity index is 502. The van der Waals surface area contributed by atoms with Gasteiger partial charge in [0.2, 0.25) is 5.96 Å². The van der Waals surface area contributed by atoms with Gasteiger partial charge in [-0.2, -0.15) is 0 Å². The van der Waals surface area contributed by atoms with Crippen LogP contribution in [0.5, 0.6) is 0 Å². The Hall–Kier alpha value is -2.16. The van der Waals surface area contributed by atoms with Gasteiger partial charge in [-0.25, -0.2) is 9.79 Å². The van der Waals surface area contributed by atoms with E-state index in [-0.39, 0.29) is 17.3 Å². The minimum atomic E-state index is -0.897. The molecule has 0 saturated carbocycles. The first kappa shape index (κ1) is 12.9. The predicted molar refractivity (Wildman–Crippen MR) is 64.8 cm³/mol. The van der Waals surface area contributed by atoms with Gasteiger partial charge in [-0.05, 0) is 12.1 Å². The van der Waals surface area contributed by atoms with Crippen molar-refractivity contribution in [3.63, 3.8) is 0 Å². The van der Waals surface area contributed by atoms with E-state index in [1.165, 1.54) is 12.1 Å². The average Bonchev–Trinajstić information content (AvgIpc) is 2.19. The van der Waals surface area contributed by atoms with Gasteiger partial charge in [0.1, 0.15) is 5.69 Å². The zero-order valence-electron chi connectivity index (χ0n) is 8.38. The number of urea groups is 1. The summed E-state index contributed by atoms with van der Waals surface area (Å²) in [5.74, 6) is -0.317. The maximum Gasteiger partial charge on any atom is 0.318 e. The molecule has 1 aromatic carbocycles. The van der Waals surface area contributed by atoms with Gasteiger partial charge < -0.3 is 11.5 Å². The summed E-state index contributed by atoms with van der Waals surface area (Å²) in [6.07, 6.45) is 0. The lowest BCUT2D eigenvalue weighted by atomic mass is 10.3. The zero-order valence-corrected chi connectivity index (χ0v) is 9.97. The molecule has 0 spiro atoms. The van der Waals surface area contributed by atoms with Crippen molar-refractivity contribution in [1.82, 2.24) is 5.32 Å². The highest BCUT2D eigenvalue weighted by molar-refractivity contribution is 9.10. The van der Waals surface area contributed by atoms with E-state index in [9.17, 15) is 14.9 Å². The zero-order chi connectivity index (χ0) is 13.0. The molecule has 0 fully saturated rings. The molecule has 90 valence electrons. The minimum absolute atomic E-state index is 0.0180. The lowest BCUT2D eigenvalue weighted by molar-refractivity contribution is -0.384. The number of primary amides is 1. The number of rotatable bonds is 2. The number of carbonyl (C=O) groups is 1. The summed E-state index contributed by atoms with van der Waals surface area (Å²) in [5, 5.41) is 12.7. The first-order valence-corrected chi connectivity index (χ1v) is 5.04. The summed E-state index contributed by atoms with van der Waals surface area (Å²) in [6, 6.07) is 3.32. The van der Waals surface area contributed by atoms with Crippen LogP contribution in [0.25, 0.3) is 0 Å². The number of hydrogen-bond acceptors (Lipinski definition) is 4. The number of nitrogens with one attached hydrogen (secondary N) is 1. The Morgan fingerprint density at radius 3 is 2.65 bits per heavy atom. The highest BCUT2D eigenvalue weighted by atomic mass is 79.9. The van der Waals surface area contributed by atoms with Crippen molar-refractivity contribution in [2.45, 2.75) is 0 Å². The Balaban J connectivity index is 3.13. The van der Waals surface area contributed by atoms with Crippen molar-refractivity contribution < 1.29 is 9.72 Å². The average molecular weight is 302 g/mol. The van der Waals surface area contributed by atoms with Crippen LogP contribution in [0.2, 0.25) is 0 Å². The first-order valence-electron chi connectivity index (χ1n) is 4.24. The largest absolute Gasteiger partial charge is 0.369 e. The number of nitrogens with zero attached hydrogens (tertiary/aromatic N) is 2. The van der Waals surface area contributed by atoms with Crippen LogP contribution in [0.1, 0.15) is 0 Å². The Labute approximate surface area is 104 Å². The van der Waals surface area contributed by atoms with E-state index in [0.717, 1.165) is 0 Å². The quantitative estimate of drug-likeness (QED) is 0.324. The van der Waals surface area contributed by atoms with E-state index in [0.29, 0.717) is 4.47 Å². The smallest absolute Gasteiger partial charge is 0.318 e. The van der Waals surface area contributed by atoms with Crippen molar-refractivity contribution in [2.24, 2.45) is 16.5 Å². The third-order valence-electron chi connectivity index (χ3n) is 1.63. The van der Waals surface area contributed by atoms with Crippen LogP contribution in [-0.2, 0) is 0 Å². The normalized spacial score (nSPS) is 11.0. The Kier molecular flexibility index (Phi) is 3.99. The second-order valence-corrected chi connectivity index (χ2v) is 3.79. The van der Waals surface area contributed by atoms with Crippen molar-refractivity contribution in [2.75, 3.05) is 0 Å². The predicted octanol–water partition coefficient (Wildman–Crippen LogP) is 0.972. The van der Waals surface area contributed by atoms with Crippen LogP contribution in [0.15, 0.2) is 27.7 Å². The molecule has 0 aliphatic rings. The summed E-state index contributed by atoms with van der Waals surface area (Å²) in [5.41, 5.74) is 9.91. The number of carbonyl (C=O) groups excluding carboxylic acids is 1. The molecule has 1 rings (SSSR count). The van der Waals surface area contributed by atoms with E-state index in [1.54, 1.807) is 6.07 Å². The number of guanidine groups is 1. The third kappa shape index (κ3) is 3.72. The summed E-state index contributed by atoms with van der Waals surface area (Å²) >= 11 is 3.10. The van der Waals surface area contributed by atoms with E-state index < -0.39 is 11.0 Å². The monoisotopic (exact) mass is 301 g/mol. The van der Waals surface area contributed by atoms with Crippen LogP contribution in [0.3, 0.4) is 0 Å². The summed E-state index contributed by atoms with van der Waals surface area (Å²) in [6.45, 7) is 0. The Morgan fingerprint density at radius 2 is 2.12 bits per heavy atom. The van der Waals surface area contributed by atoms with Crippen LogP contribution >= 0.6 is 15.9 Å². The highest BCUT2D eigenvalue weighted by Crippen LogP contribution is 2.30. The molecule has 0 bridgehead atoms. The van der Waals surface area contributed by atoms with Crippen LogP contribution in [0, 0.1) is 10.1 Å². The molecule has 9 heteroatoms. The maximum absolute atomic E-state index is 10.7. The molecular weight excluding hydrogens is 294 g/mol. The van der Waals surface area contributed by atoms with Gasteiger partial charge in [0, 0.05) is 10.5 Å². The molecule has 0 aromatic heterocycles. The van der Waals surface area contributed by atoms with Gasteiger partial charge in [-0.15, -0.1) is 0 Å². The standard InChI is InChI=1S/C8H8BrN5O3/c9-4-1-2-5(6(3-4)14(16)17)12-7(10)13-8(11)15/h1-3H,(H5,10,11,12,13,15). The number of nitro groups is 1. The van der Waals surface area contributed by atoms with Gasteiger partial charge >= 0.3 is 6.03 Å². The molecule has 0 atom stereocenters. The van der Waals surface area contributed by atoms with E-state index in [1.807, 2.05) is 5.32 Å². The van der Waals surface area contributed by atoms with Gasteiger partial charge in [0.25, 0.3) is 5.69 Å². The molecule has 0 aliphatic carbocycles. The van der Waals surface area contributed by atoms with E-state index in [4.69, 9.17) is 11.5 Å². The minimum Gasteiger partial charge on any atom is -0.369 e. The summed E-state index contributed by atoms with van der Waals surface area (Å²) < 4.78 is 0.532. The molecule has 2 amide bonds. The number of aliphatic imine (C=N–C) groups is 1. The van der Waals surface area contributed by atoms with Gasteiger partial charge in [-0.1, -0.05) is 15.9 Å². The molecule has 8 nitrogen and oxygen atoms in total. The lowest BCUT2D eigenvalue weighted by Crippen LogP contribution is -2.39. The molecule has 0 radical (unpaired) electrons. The van der Waals surface area contributed by atoms with Gasteiger partial charge in [0.05, 0.1) is 4.92 Å². The number of hydrogen-bond donors (Lipinski definition) is 3. The van der Waals surface area contributed by atoms with Crippen LogP contribution in [-0.4, -0.2) is 16.9 Å². The van der Waals surface area contributed by atoms with Gasteiger partial charge in [0.15, 0.2) is 0 Å². The van der Waals surface area contributed by atoms with Crippen molar-refractivity contribution >= 4 is 39.3 Å². The Morgan fingerprint density at radius 1 is 1.47 bits per heavy atom. The number of nitro benzene ring substituents is 1. The fourth-order valence-corrected chi connectivity index (χ4v) is 1.37. The molecular formula is C8H8BrN5O3. The summed E-state index contributed by atoms with van der Waals surface area (Å²) in [4.78, 5) is 24.3. The molecule has 1 aromatic rings. The van der Waals surface area contributed by atoms with Crippen molar-refractivity contribution in [3.05, 3.63) is 32.8 Å². The second kappa shape index (κ2) is 5.25. The molecule has 17 heavy (non-hydrogen) atoms. The number of nitrogens with two attached hydrogens (primary N) is 2. The first-order chi connectivity index (χ1) is 7.90. The third-order valence-corrected chi connectivity index (χ3v) is 2.12. The molecule has 0 saturated heterocycles. The highest BCUT2D eigenvalue weighted by Gasteiger charge is 2.14. The fourth-order valence-electron chi connectivity index (χ4n) is 1.02. The fraction of sp³-hybridized carbons (Fsp3) is 0. The second-order valence-electron chi connectivity index (χ2n) is 2.88. The van der Waals surface area contributed by atoms with Crippen molar-refractivity contribution in [1.29, 1.82) is 0 Å². The molecule has 0 unspecified atom stereocenters. The SMILES string of the molecule is NC(=O)NC(N)=Nc1ccc(Br)cc1[N+](=O)[O-]. The number of halogens is 1. The van der Waals surface area contributed by atoms with E-state index >= 15 is 0 Å². The van der Waals surface area contributed by atoms with Crippen LogP contribution in [0.4, 0.5) is 16.2 Å². The number of benzene rings is 1. The van der Waals surface area contributed by atoms with Crippen molar-refractivity contribution in [3.8, 4) is 0 Å². The lowest BCUT2D eigenvalue weighted by Gasteiger charge is -2.01.